The third-order valence-corrected chi connectivity index (χ3v) is 2.73. The molecule has 4 heteroatoms. The summed E-state index contributed by atoms with van der Waals surface area (Å²) in [5, 5.41) is 12.4. The first-order chi connectivity index (χ1) is 6.69. The van der Waals surface area contributed by atoms with Gasteiger partial charge in [-0.1, -0.05) is 6.07 Å². The predicted molar refractivity (Wildman–Crippen MR) is 57.1 cm³/mol. The molecule has 1 rings (SSSR count). The molecule has 1 unspecified atom stereocenters. The van der Waals surface area contributed by atoms with Crippen LogP contribution in [0.25, 0.3) is 0 Å². The molecular weight excluding hydrogens is 201 g/mol. The van der Waals surface area contributed by atoms with Gasteiger partial charge in [0.25, 0.3) is 0 Å². The molecule has 2 nitrogen and oxygen atoms in total. The van der Waals surface area contributed by atoms with Crippen LogP contribution < -0.4 is 5.32 Å². The van der Waals surface area contributed by atoms with Gasteiger partial charge in [-0.05, 0) is 31.0 Å². The summed E-state index contributed by atoms with van der Waals surface area (Å²) in [5.41, 5.74) is 0.606. The number of aliphatic hydroxyl groups is 1. The van der Waals surface area contributed by atoms with Gasteiger partial charge in [0.2, 0.25) is 0 Å². The van der Waals surface area contributed by atoms with E-state index in [1.54, 1.807) is 19.2 Å². The smallest absolute Gasteiger partial charge is 0.137 e. The van der Waals surface area contributed by atoms with Crippen molar-refractivity contribution in [1.29, 1.82) is 0 Å². The van der Waals surface area contributed by atoms with Crippen LogP contribution in [-0.4, -0.2) is 25.0 Å². The lowest BCUT2D eigenvalue weighted by Crippen LogP contribution is -2.16. The molecule has 78 valence electrons. The van der Waals surface area contributed by atoms with Gasteiger partial charge >= 0.3 is 0 Å². The molecule has 0 heterocycles. The Kier molecular flexibility index (Phi) is 4.38. The Morgan fingerprint density at radius 3 is 2.79 bits per heavy atom. The minimum atomic E-state index is -0.648. The number of likely N-dealkylation sites (N-methyl/N-ethyl adjacent to an activating group) is 1. The molecule has 0 radical (unpaired) electrons. The van der Waals surface area contributed by atoms with E-state index in [-0.39, 0.29) is 5.82 Å². The van der Waals surface area contributed by atoms with Crippen molar-refractivity contribution < 1.29 is 9.50 Å². The molecule has 0 saturated heterocycles. The van der Waals surface area contributed by atoms with E-state index in [4.69, 9.17) is 0 Å². The van der Waals surface area contributed by atoms with E-state index in [0.717, 1.165) is 0 Å². The Morgan fingerprint density at radius 2 is 2.29 bits per heavy atom. The van der Waals surface area contributed by atoms with E-state index in [0.29, 0.717) is 17.0 Å². The first-order valence-electron chi connectivity index (χ1n) is 4.35. The topological polar surface area (TPSA) is 32.3 Å². The fourth-order valence-electron chi connectivity index (χ4n) is 1.20. The average Bonchev–Trinajstić information content (AvgIpc) is 2.18. The number of hydrogen-bond donors (Lipinski definition) is 2. The summed E-state index contributed by atoms with van der Waals surface area (Å²) >= 11 is 1.36. The van der Waals surface area contributed by atoms with Gasteiger partial charge in [0.05, 0.1) is 6.10 Å². The molecule has 0 spiro atoms. The molecule has 0 saturated carbocycles. The number of hydrogen-bond acceptors (Lipinski definition) is 3. The number of halogens is 1. The van der Waals surface area contributed by atoms with Crippen LogP contribution in [0.2, 0.25) is 0 Å². The van der Waals surface area contributed by atoms with E-state index in [2.05, 4.69) is 5.32 Å². The minimum absolute atomic E-state index is 0.273. The normalized spacial score (nSPS) is 12.9. The first kappa shape index (κ1) is 11.5. The largest absolute Gasteiger partial charge is 0.387 e. The van der Waals surface area contributed by atoms with E-state index in [1.165, 1.54) is 17.8 Å². The fraction of sp³-hybridized carbons (Fsp3) is 0.400. The van der Waals surface area contributed by atoms with Gasteiger partial charge in [-0.2, -0.15) is 0 Å². The van der Waals surface area contributed by atoms with Crippen molar-refractivity contribution >= 4 is 11.8 Å². The Bertz CT molecular complexity index is 306. The van der Waals surface area contributed by atoms with Crippen LogP contribution in [0.5, 0.6) is 0 Å². The number of rotatable bonds is 4. The minimum Gasteiger partial charge on any atom is -0.387 e. The van der Waals surface area contributed by atoms with Crippen molar-refractivity contribution in [3.63, 3.8) is 0 Å². The molecule has 0 aromatic heterocycles. The van der Waals surface area contributed by atoms with Crippen molar-refractivity contribution in [3.05, 3.63) is 29.6 Å². The van der Waals surface area contributed by atoms with Crippen LogP contribution in [0.1, 0.15) is 11.7 Å². The zero-order valence-electron chi connectivity index (χ0n) is 8.25. The van der Waals surface area contributed by atoms with Crippen LogP contribution in [0.15, 0.2) is 23.1 Å². The zero-order valence-corrected chi connectivity index (χ0v) is 9.07. The Labute approximate surface area is 87.5 Å². The highest BCUT2D eigenvalue weighted by atomic mass is 32.2. The monoisotopic (exact) mass is 215 g/mol. The van der Waals surface area contributed by atoms with Crippen molar-refractivity contribution in [3.8, 4) is 0 Å². The second-order valence-electron chi connectivity index (χ2n) is 2.97. The Hall–Kier alpha value is -0.580. The Balaban J connectivity index is 2.85. The lowest BCUT2D eigenvalue weighted by molar-refractivity contribution is 0.177. The molecule has 14 heavy (non-hydrogen) atoms. The molecule has 1 atom stereocenters. The van der Waals surface area contributed by atoms with Crippen molar-refractivity contribution in [1.82, 2.24) is 5.32 Å². The number of nitrogens with one attached hydrogen (secondary N) is 1. The fourth-order valence-corrected chi connectivity index (χ4v) is 1.66. The molecule has 1 aromatic rings. The van der Waals surface area contributed by atoms with Crippen LogP contribution in [0, 0.1) is 5.82 Å². The molecule has 1 aromatic carbocycles. The van der Waals surface area contributed by atoms with Crippen LogP contribution in [0.3, 0.4) is 0 Å². The zero-order chi connectivity index (χ0) is 10.6. The molecule has 0 amide bonds. The van der Waals surface area contributed by atoms with Gasteiger partial charge < -0.3 is 10.4 Å². The molecule has 0 aliphatic heterocycles. The first-order valence-corrected chi connectivity index (χ1v) is 5.57. The standard InChI is InChI=1S/C10H14FNOS/c1-12-6-9(13)7-3-4-10(14-2)8(11)5-7/h3-5,9,12-13H,6H2,1-2H3. The lowest BCUT2D eigenvalue weighted by Gasteiger charge is -2.11. The van der Waals surface area contributed by atoms with Gasteiger partial charge in [0.1, 0.15) is 5.82 Å². The average molecular weight is 215 g/mol. The Morgan fingerprint density at radius 1 is 1.57 bits per heavy atom. The van der Waals surface area contributed by atoms with E-state index < -0.39 is 6.10 Å². The molecular formula is C10H14FNOS. The van der Waals surface area contributed by atoms with Crippen LogP contribution in [0.4, 0.5) is 4.39 Å². The second-order valence-corrected chi connectivity index (χ2v) is 3.82. The molecule has 0 aliphatic carbocycles. The summed E-state index contributed by atoms with van der Waals surface area (Å²) in [6.07, 6.45) is 1.17. The number of thioether (sulfide) groups is 1. The summed E-state index contributed by atoms with van der Waals surface area (Å²) in [6, 6.07) is 4.82. The van der Waals surface area contributed by atoms with Gasteiger partial charge in [-0.25, -0.2) is 4.39 Å². The van der Waals surface area contributed by atoms with E-state index in [9.17, 15) is 9.50 Å². The maximum atomic E-state index is 13.3. The summed E-state index contributed by atoms with van der Waals surface area (Å²) in [4.78, 5) is 0.602. The summed E-state index contributed by atoms with van der Waals surface area (Å²) in [5.74, 6) is -0.273. The van der Waals surface area contributed by atoms with Crippen molar-refractivity contribution in [2.24, 2.45) is 0 Å². The van der Waals surface area contributed by atoms with Crippen molar-refractivity contribution in [2.75, 3.05) is 19.8 Å². The van der Waals surface area contributed by atoms with Gasteiger partial charge in [-0.15, -0.1) is 11.8 Å². The SMILES string of the molecule is CNCC(O)c1ccc(SC)c(F)c1. The van der Waals surface area contributed by atoms with Gasteiger partial charge in [-0.3, -0.25) is 0 Å². The second kappa shape index (κ2) is 5.34. The summed E-state index contributed by atoms with van der Waals surface area (Å²) in [7, 11) is 1.75. The van der Waals surface area contributed by atoms with Crippen LogP contribution >= 0.6 is 11.8 Å². The molecule has 0 fully saturated rings. The summed E-state index contributed by atoms with van der Waals surface area (Å²) in [6.45, 7) is 0.429. The van der Waals surface area contributed by atoms with Gasteiger partial charge in [0.15, 0.2) is 0 Å². The van der Waals surface area contributed by atoms with Crippen molar-refractivity contribution in [2.45, 2.75) is 11.0 Å². The maximum absolute atomic E-state index is 13.3. The quantitative estimate of drug-likeness (QED) is 0.751. The molecule has 2 N–H and O–H groups in total. The van der Waals surface area contributed by atoms with E-state index >= 15 is 0 Å². The third-order valence-electron chi connectivity index (χ3n) is 1.96. The van der Waals surface area contributed by atoms with Crippen LogP contribution in [-0.2, 0) is 0 Å². The van der Waals surface area contributed by atoms with E-state index in [1.807, 2.05) is 6.26 Å². The molecule has 0 bridgehead atoms. The van der Waals surface area contributed by atoms with Gasteiger partial charge in [0, 0.05) is 11.4 Å². The highest BCUT2D eigenvalue weighted by Gasteiger charge is 2.09. The highest BCUT2D eigenvalue weighted by molar-refractivity contribution is 7.98. The predicted octanol–water partition coefficient (Wildman–Crippen LogP) is 1.80. The third kappa shape index (κ3) is 2.70. The summed E-state index contributed by atoms with van der Waals surface area (Å²) < 4.78 is 13.3. The number of benzene rings is 1. The lowest BCUT2D eigenvalue weighted by atomic mass is 10.1. The molecule has 0 aliphatic rings. The number of aliphatic hydroxyl groups excluding tert-OH is 1. The maximum Gasteiger partial charge on any atom is 0.137 e. The highest BCUT2D eigenvalue weighted by Crippen LogP contribution is 2.22.